The van der Waals surface area contributed by atoms with Crippen molar-refractivity contribution in [2.75, 3.05) is 5.73 Å². The first-order valence-electron chi connectivity index (χ1n) is 5.43. The van der Waals surface area contributed by atoms with Crippen LogP contribution in [0.25, 0.3) is 0 Å². The van der Waals surface area contributed by atoms with Crippen molar-refractivity contribution in [1.29, 1.82) is 0 Å². The summed E-state index contributed by atoms with van der Waals surface area (Å²) >= 11 is 6.03. The zero-order chi connectivity index (χ0) is 13.1. The van der Waals surface area contributed by atoms with Crippen LogP contribution in [0.5, 0.6) is 0 Å². The van der Waals surface area contributed by atoms with E-state index in [2.05, 4.69) is 4.98 Å². The number of rotatable bonds is 3. The molecule has 3 nitrogen and oxygen atoms in total. The van der Waals surface area contributed by atoms with Crippen molar-refractivity contribution in [3.05, 3.63) is 52.8 Å². The Morgan fingerprint density at radius 1 is 1.28 bits per heavy atom. The van der Waals surface area contributed by atoms with Gasteiger partial charge < -0.3 is 5.73 Å². The van der Waals surface area contributed by atoms with E-state index < -0.39 is 10.8 Å². The Morgan fingerprint density at radius 3 is 2.67 bits per heavy atom. The monoisotopic (exact) mass is 280 g/mol. The Kier molecular flexibility index (Phi) is 3.99. The Hall–Kier alpha value is -1.39. The van der Waals surface area contributed by atoms with Gasteiger partial charge in [-0.15, -0.1) is 0 Å². The van der Waals surface area contributed by atoms with Gasteiger partial charge in [0.15, 0.2) is 0 Å². The quantitative estimate of drug-likeness (QED) is 0.880. The smallest absolute Gasteiger partial charge is 0.0807 e. The molecule has 0 aliphatic rings. The summed E-state index contributed by atoms with van der Waals surface area (Å²) < 4.78 is 12.3. The van der Waals surface area contributed by atoms with Crippen LogP contribution in [0.15, 0.2) is 41.3 Å². The predicted molar refractivity (Wildman–Crippen MR) is 75.0 cm³/mol. The van der Waals surface area contributed by atoms with Gasteiger partial charge in [-0.1, -0.05) is 23.7 Å². The number of anilines is 1. The van der Waals surface area contributed by atoms with Crippen molar-refractivity contribution >= 4 is 28.1 Å². The van der Waals surface area contributed by atoms with E-state index in [4.69, 9.17) is 17.3 Å². The van der Waals surface area contributed by atoms with Gasteiger partial charge in [0.25, 0.3) is 0 Å². The van der Waals surface area contributed by atoms with Gasteiger partial charge >= 0.3 is 0 Å². The molecule has 0 radical (unpaired) electrons. The third kappa shape index (κ3) is 2.89. The van der Waals surface area contributed by atoms with Crippen molar-refractivity contribution in [3.8, 4) is 0 Å². The van der Waals surface area contributed by atoms with Crippen molar-refractivity contribution in [2.24, 2.45) is 0 Å². The highest BCUT2D eigenvalue weighted by molar-refractivity contribution is 7.84. The lowest BCUT2D eigenvalue weighted by atomic mass is 10.3. The van der Waals surface area contributed by atoms with Crippen LogP contribution in [-0.2, 0) is 16.6 Å². The summed E-state index contributed by atoms with van der Waals surface area (Å²) in [7, 11) is -1.29. The molecule has 1 heterocycles. The SMILES string of the molecule is Cc1cccc(CS(=O)c2c(N)cccc2Cl)n1. The van der Waals surface area contributed by atoms with Crippen LogP contribution in [0.3, 0.4) is 0 Å². The van der Waals surface area contributed by atoms with E-state index in [-0.39, 0.29) is 0 Å². The van der Waals surface area contributed by atoms with Crippen molar-refractivity contribution in [2.45, 2.75) is 17.6 Å². The molecule has 0 aliphatic carbocycles. The molecule has 0 saturated carbocycles. The van der Waals surface area contributed by atoms with Crippen LogP contribution < -0.4 is 5.73 Å². The normalized spacial score (nSPS) is 12.3. The highest BCUT2D eigenvalue weighted by Gasteiger charge is 2.13. The minimum Gasteiger partial charge on any atom is -0.398 e. The highest BCUT2D eigenvalue weighted by atomic mass is 35.5. The largest absolute Gasteiger partial charge is 0.398 e. The van der Waals surface area contributed by atoms with E-state index in [1.165, 1.54) is 0 Å². The second-order valence-electron chi connectivity index (χ2n) is 3.92. The number of aryl methyl sites for hydroxylation is 1. The average Bonchev–Trinajstić information content (AvgIpc) is 2.28. The number of nitrogens with two attached hydrogens (primary N) is 1. The van der Waals surface area contributed by atoms with Crippen LogP contribution in [0.2, 0.25) is 5.02 Å². The maximum atomic E-state index is 12.3. The van der Waals surface area contributed by atoms with Gasteiger partial charge in [-0.25, -0.2) is 0 Å². The Balaban J connectivity index is 2.28. The van der Waals surface area contributed by atoms with Crippen molar-refractivity contribution in [3.63, 3.8) is 0 Å². The maximum absolute atomic E-state index is 12.3. The second-order valence-corrected chi connectivity index (χ2v) is 5.71. The van der Waals surface area contributed by atoms with Gasteiger partial charge in [-0.2, -0.15) is 0 Å². The summed E-state index contributed by atoms with van der Waals surface area (Å²) in [6, 6.07) is 10.8. The molecule has 0 bridgehead atoms. The van der Waals surface area contributed by atoms with Gasteiger partial charge in [0, 0.05) is 11.4 Å². The number of pyridine rings is 1. The molecule has 0 amide bonds. The zero-order valence-corrected chi connectivity index (χ0v) is 11.5. The van der Waals surface area contributed by atoms with E-state index >= 15 is 0 Å². The molecule has 1 aromatic carbocycles. The first-order chi connectivity index (χ1) is 8.58. The fourth-order valence-corrected chi connectivity index (χ4v) is 3.28. The van der Waals surface area contributed by atoms with E-state index in [0.717, 1.165) is 11.4 Å². The highest BCUT2D eigenvalue weighted by Crippen LogP contribution is 2.27. The van der Waals surface area contributed by atoms with Crippen LogP contribution in [0, 0.1) is 6.92 Å². The second kappa shape index (κ2) is 5.50. The summed E-state index contributed by atoms with van der Waals surface area (Å²) in [5.74, 6) is 0.315. The molecule has 2 rings (SSSR count). The molecule has 2 aromatic rings. The topological polar surface area (TPSA) is 56.0 Å². The van der Waals surface area contributed by atoms with Gasteiger partial charge in [0.05, 0.1) is 32.2 Å². The third-order valence-corrected chi connectivity index (χ3v) is 4.35. The molecule has 0 saturated heterocycles. The molecule has 0 fully saturated rings. The maximum Gasteiger partial charge on any atom is 0.0807 e. The van der Waals surface area contributed by atoms with E-state index in [0.29, 0.717) is 21.4 Å². The molecule has 2 N–H and O–H groups in total. The molecule has 1 aromatic heterocycles. The molecule has 1 unspecified atom stereocenters. The summed E-state index contributed by atoms with van der Waals surface area (Å²) in [5, 5.41) is 0.431. The lowest BCUT2D eigenvalue weighted by Crippen LogP contribution is -2.03. The molecule has 1 atom stereocenters. The predicted octanol–water partition coefficient (Wildman–Crippen LogP) is 2.93. The summed E-state index contributed by atoms with van der Waals surface area (Å²) in [5.41, 5.74) is 7.93. The van der Waals surface area contributed by atoms with E-state index in [9.17, 15) is 4.21 Å². The number of aromatic nitrogens is 1. The minimum absolute atomic E-state index is 0.315. The summed E-state index contributed by atoms with van der Waals surface area (Å²) in [4.78, 5) is 4.81. The number of hydrogen-bond acceptors (Lipinski definition) is 3. The van der Waals surface area contributed by atoms with Gasteiger partial charge in [-0.3, -0.25) is 9.19 Å². The van der Waals surface area contributed by atoms with Crippen LogP contribution in [0.1, 0.15) is 11.4 Å². The summed E-state index contributed by atoms with van der Waals surface area (Å²) in [6.45, 7) is 1.90. The number of hydrogen-bond donors (Lipinski definition) is 1. The first kappa shape index (κ1) is 13.1. The molecule has 5 heteroatoms. The van der Waals surface area contributed by atoms with Crippen LogP contribution >= 0.6 is 11.6 Å². The number of nitrogens with zero attached hydrogens (tertiary/aromatic N) is 1. The molecule has 0 aliphatic heterocycles. The lowest BCUT2D eigenvalue weighted by Gasteiger charge is -2.07. The van der Waals surface area contributed by atoms with Crippen LogP contribution in [-0.4, -0.2) is 9.19 Å². The fourth-order valence-electron chi connectivity index (χ4n) is 1.65. The van der Waals surface area contributed by atoms with Gasteiger partial charge in [0.2, 0.25) is 0 Å². The zero-order valence-electron chi connectivity index (χ0n) is 9.89. The third-order valence-electron chi connectivity index (χ3n) is 2.45. The summed E-state index contributed by atoms with van der Waals surface area (Å²) in [6.07, 6.45) is 0. The van der Waals surface area contributed by atoms with Crippen molar-refractivity contribution in [1.82, 2.24) is 4.98 Å². The number of nitrogen functional groups attached to an aromatic ring is 1. The Labute approximate surface area is 113 Å². The van der Waals surface area contributed by atoms with Crippen molar-refractivity contribution < 1.29 is 4.21 Å². The lowest BCUT2D eigenvalue weighted by molar-refractivity contribution is 0.682. The molecule has 18 heavy (non-hydrogen) atoms. The van der Waals surface area contributed by atoms with E-state index in [1.807, 2.05) is 25.1 Å². The number of benzene rings is 1. The number of halogens is 1. The molecular formula is C13H13ClN2OS. The van der Waals surface area contributed by atoms with Gasteiger partial charge in [-0.05, 0) is 31.2 Å². The fraction of sp³-hybridized carbons (Fsp3) is 0.154. The van der Waals surface area contributed by atoms with Gasteiger partial charge in [0.1, 0.15) is 0 Å². The van der Waals surface area contributed by atoms with E-state index in [1.54, 1.807) is 18.2 Å². The minimum atomic E-state index is -1.29. The Bertz CT molecular complexity index is 581. The average molecular weight is 281 g/mol. The molecule has 0 spiro atoms. The molecular weight excluding hydrogens is 268 g/mol. The standard InChI is InChI=1S/C13H13ClN2OS/c1-9-4-2-5-10(16-9)8-18(17)13-11(14)6-3-7-12(13)15/h2-7H,8,15H2,1H3. The first-order valence-corrected chi connectivity index (χ1v) is 7.12. The molecule has 94 valence electrons. The van der Waals surface area contributed by atoms with Crippen LogP contribution in [0.4, 0.5) is 5.69 Å². The Morgan fingerprint density at radius 2 is 2.00 bits per heavy atom.